The zero-order valence-electron chi connectivity index (χ0n) is 10.7. The summed E-state index contributed by atoms with van der Waals surface area (Å²) in [5, 5.41) is 6.49. The maximum Gasteiger partial charge on any atom is 0.131 e. The molecule has 0 saturated heterocycles. The number of hydrogen-bond acceptors (Lipinski definition) is 5. The van der Waals surface area contributed by atoms with Gasteiger partial charge in [0.25, 0.3) is 0 Å². The molecule has 2 aromatic rings. The molecule has 5 heteroatoms. The Morgan fingerprint density at radius 2 is 1.78 bits per heavy atom. The van der Waals surface area contributed by atoms with Gasteiger partial charge in [-0.25, -0.2) is 9.97 Å². The fourth-order valence-electron chi connectivity index (χ4n) is 1.62. The molecule has 18 heavy (non-hydrogen) atoms. The number of rotatable bonds is 6. The fourth-order valence-corrected chi connectivity index (χ4v) is 2.51. The van der Waals surface area contributed by atoms with Crippen LogP contribution in [0.15, 0.2) is 24.5 Å². The van der Waals surface area contributed by atoms with Crippen molar-refractivity contribution in [3.63, 3.8) is 0 Å². The molecule has 0 amide bonds. The van der Waals surface area contributed by atoms with E-state index < -0.39 is 0 Å². The van der Waals surface area contributed by atoms with Gasteiger partial charge in [-0.15, -0.1) is 11.3 Å². The number of nitrogens with zero attached hydrogens (tertiary/aromatic N) is 2. The minimum absolute atomic E-state index is 0.813. The monoisotopic (exact) mass is 262 g/mol. The molecule has 0 aliphatic rings. The average molecular weight is 262 g/mol. The van der Waals surface area contributed by atoms with Gasteiger partial charge in [-0.3, -0.25) is 0 Å². The van der Waals surface area contributed by atoms with Crippen LogP contribution < -0.4 is 10.6 Å². The molecule has 0 unspecified atom stereocenters. The molecular formula is C13H18N4S. The highest BCUT2D eigenvalue weighted by molar-refractivity contribution is 7.12. The van der Waals surface area contributed by atoms with Crippen LogP contribution >= 0.6 is 11.3 Å². The normalized spacial score (nSPS) is 10.3. The van der Waals surface area contributed by atoms with Crippen molar-refractivity contribution in [2.45, 2.75) is 26.8 Å². The molecule has 2 aromatic heterocycles. The molecule has 0 radical (unpaired) electrons. The molecule has 2 heterocycles. The number of anilines is 2. The van der Waals surface area contributed by atoms with E-state index in [1.165, 1.54) is 9.75 Å². The highest BCUT2D eigenvalue weighted by atomic mass is 32.1. The first-order valence-corrected chi connectivity index (χ1v) is 7.00. The van der Waals surface area contributed by atoms with Crippen LogP contribution in [0.5, 0.6) is 0 Å². The topological polar surface area (TPSA) is 49.8 Å². The van der Waals surface area contributed by atoms with Gasteiger partial charge in [-0.1, -0.05) is 6.92 Å². The third-order valence-corrected chi connectivity index (χ3v) is 3.76. The van der Waals surface area contributed by atoms with E-state index in [0.717, 1.165) is 31.1 Å². The van der Waals surface area contributed by atoms with Crippen LogP contribution in [0.3, 0.4) is 0 Å². The molecule has 0 fully saturated rings. The lowest BCUT2D eigenvalue weighted by molar-refractivity contribution is 1.08. The average Bonchev–Trinajstić information content (AvgIpc) is 2.85. The van der Waals surface area contributed by atoms with Gasteiger partial charge in [0, 0.05) is 22.4 Å². The SMILES string of the molecule is CCNc1cc(NCc2ccc(CC)s2)ncn1. The van der Waals surface area contributed by atoms with E-state index in [2.05, 4.69) is 39.7 Å². The summed E-state index contributed by atoms with van der Waals surface area (Å²) < 4.78 is 0. The smallest absolute Gasteiger partial charge is 0.131 e. The number of aryl methyl sites for hydroxylation is 1. The van der Waals surface area contributed by atoms with Crippen LogP contribution in [0.25, 0.3) is 0 Å². The lowest BCUT2D eigenvalue weighted by atomic mass is 10.3. The quantitative estimate of drug-likeness (QED) is 0.839. The molecule has 0 saturated carbocycles. The summed E-state index contributed by atoms with van der Waals surface area (Å²) in [6.45, 7) is 5.90. The number of nitrogens with one attached hydrogen (secondary N) is 2. The van der Waals surface area contributed by atoms with E-state index in [1.54, 1.807) is 6.33 Å². The van der Waals surface area contributed by atoms with E-state index in [1.807, 2.05) is 24.3 Å². The second-order valence-electron chi connectivity index (χ2n) is 3.89. The Morgan fingerprint density at radius 3 is 2.44 bits per heavy atom. The first kappa shape index (κ1) is 12.8. The van der Waals surface area contributed by atoms with Gasteiger partial charge in [-0.2, -0.15) is 0 Å². The van der Waals surface area contributed by atoms with E-state index in [0.29, 0.717) is 0 Å². The molecule has 0 aromatic carbocycles. The molecule has 2 rings (SSSR count). The third kappa shape index (κ3) is 3.43. The van der Waals surface area contributed by atoms with Crippen LogP contribution in [0.2, 0.25) is 0 Å². The largest absolute Gasteiger partial charge is 0.370 e. The lowest BCUT2D eigenvalue weighted by Gasteiger charge is -2.06. The minimum atomic E-state index is 0.813. The molecule has 96 valence electrons. The number of hydrogen-bond donors (Lipinski definition) is 2. The van der Waals surface area contributed by atoms with Crippen LogP contribution in [-0.4, -0.2) is 16.5 Å². The molecule has 0 spiro atoms. The summed E-state index contributed by atoms with van der Waals surface area (Å²) in [6, 6.07) is 6.28. The van der Waals surface area contributed by atoms with Crippen LogP contribution in [0, 0.1) is 0 Å². The molecule has 0 aliphatic heterocycles. The second kappa shape index (κ2) is 6.35. The van der Waals surface area contributed by atoms with Crippen molar-refractivity contribution >= 4 is 23.0 Å². The minimum Gasteiger partial charge on any atom is -0.370 e. The molecular weight excluding hydrogens is 244 g/mol. The highest BCUT2D eigenvalue weighted by Gasteiger charge is 2.00. The molecule has 0 aliphatic carbocycles. The van der Waals surface area contributed by atoms with E-state index in [4.69, 9.17) is 0 Å². The Hall–Kier alpha value is -1.62. The van der Waals surface area contributed by atoms with Gasteiger partial charge in [0.15, 0.2) is 0 Å². The van der Waals surface area contributed by atoms with Gasteiger partial charge < -0.3 is 10.6 Å². The Labute approximate surface area is 111 Å². The predicted molar refractivity (Wildman–Crippen MR) is 77.2 cm³/mol. The zero-order chi connectivity index (χ0) is 12.8. The van der Waals surface area contributed by atoms with Gasteiger partial charge in [-0.05, 0) is 25.5 Å². The van der Waals surface area contributed by atoms with Crippen LogP contribution in [-0.2, 0) is 13.0 Å². The zero-order valence-corrected chi connectivity index (χ0v) is 11.5. The van der Waals surface area contributed by atoms with Crippen molar-refractivity contribution in [2.75, 3.05) is 17.2 Å². The summed E-state index contributed by atoms with van der Waals surface area (Å²) in [5.41, 5.74) is 0. The highest BCUT2D eigenvalue weighted by Crippen LogP contribution is 2.18. The molecule has 0 bridgehead atoms. The summed E-state index contributed by atoms with van der Waals surface area (Å²) >= 11 is 1.85. The van der Waals surface area contributed by atoms with Crippen molar-refractivity contribution in [1.29, 1.82) is 0 Å². The standard InChI is InChI=1S/C13H18N4S/c1-3-10-5-6-11(18-10)8-15-13-7-12(14-4-2)16-9-17-13/h5-7,9H,3-4,8H2,1-2H3,(H2,14,15,16,17). The van der Waals surface area contributed by atoms with E-state index in [9.17, 15) is 0 Å². The third-order valence-electron chi connectivity index (χ3n) is 2.53. The number of aromatic nitrogens is 2. The van der Waals surface area contributed by atoms with Crippen molar-refractivity contribution in [3.05, 3.63) is 34.3 Å². The second-order valence-corrected chi connectivity index (χ2v) is 5.15. The first-order chi connectivity index (χ1) is 8.81. The van der Waals surface area contributed by atoms with E-state index in [-0.39, 0.29) is 0 Å². The fraction of sp³-hybridized carbons (Fsp3) is 0.385. The van der Waals surface area contributed by atoms with Crippen LogP contribution in [0.4, 0.5) is 11.6 Å². The lowest BCUT2D eigenvalue weighted by Crippen LogP contribution is -2.03. The molecule has 2 N–H and O–H groups in total. The molecule has 4 nitrogen and oxygen atoms in total. The predicted octanol–water partition coefficient (Wildman–Crippen LogP) is 3.14. The Bertz CT molecular complexity index is 495. The summed E-state index contributed by atoms with van der Waals surface area (Å²) in [5.74, 6) is 1.71. The van der Waals surface area contributed by atoms with Gasteiger partial charge >= 0.3 is 0 Å². The Balaban J connectivity index is 1.94. The summed E-state index contributed by atoms with van der Waals surface area (Å²) in [4.78, 5) is 11.1. The maximum atomic E-state index is 4.21. The maximum absolute atomic E-state index is 4.21. The number of thiophene rings is 1. The van der Waals surface area contributed by atoms with Gasteiger partial charge in [0.2, 0.25) is 0 Å². The van der Waals surface area contributed by atoms with Crippen molar-refractivity contribution in [3.8, 4) is 0 Å². The summed E-state index contributed by atoms with van der Waals surface area (Å²) in [7, 11) is 0. The van der Waals surface area contributed by atoms with Crippen molar-refractivity contribution in [2.24, 2.45) is 0 Å². The Kier molecular flexibility index (Phi) is 4.52. The van der Waals surface area contributed by atoms with Crippen molar-refractivity contribution < 1.29 is 0 Å². The summed E-state index contributed by atoms with van der Waals surface area (Å²) in [6.07, 6.45) is 2.68. The first-order valence-electron chi connectivity index (χ1n) is 6.19. The van der Waals surface area contributed by atoms with Gasteiger partial charge in [0.1, 0.15) is 18.0 Å². The van der Waals surface area contributed by atoms with Crippen LogP contribution in [0.1, 0.15) is 23.6 Å². The van der Waals surface area contributed by atoms with Gasteiger partial charge in [0.05, 0.1) is 6.54 Å². The Morgan fingerprint density at radius 1 is 1.06 bits per heavy atom. The van der Waals surface area contributed by atoms with E-state index >= 15 is 0 Å². The van der Waals surface area contributed by atoms with Crippen molar-refractivity contribution in [1.82, 2.24) is 9.97 Å². The molecule has 0 atom stereocenters.